The van der Waals surface area contributed by atoms with E-state index in [0.29, 0.717) is 13.1 Å². The summed E-state index contributed by atoms with van der Waals surface area (Å²) in [6, 6.07) is 1.97. The highest BCUT2D eigenvalue weighted by atomic mass is 127. The van der Waals surface area contributed by atoms with Gasteiger partial charge in [-0.3, -0.25) is 10.2 Å². The van der Waals surface area contributed by atoms with Crippen LogP contribution in [0.2, 0.25) is 0 Å². The number of carbonyl (C=O) groups is 2. The predicted octanol–water partition coefficient (Wildman–Crippen LogP) is 4.99. The van der Waals surface area contributed by atoms with Crippen LogP contribution in [0.1, 0.15) is 91.2 Å². The number of nitrogens with zero attached hydrogens (tertiary/aromatic N) is 4. The SMILES string of the molecule is COC(OC)c1[nH]nc(N2CCC[C@@H](NC(=O)OC(C)(C)C)C2)c1I.COC(OC)c1cc(N2CCC[C@@H](NC(=O)OC(C)(C)C)C2)n[nH]1. The fourth-order valence-corrected chi connectivity index (χ4v) is 6.36. The number of amides is 2. The highest BCUT2D eigenvalue weighted by Crippen LogP contribution is 2.30. The van der Waals surface area contributed by atoms with Gasteiger partial charge in [0.1, 0.15) is 16.9 Å². The number of hydrogen-bond acceptors (Lipinski definition) is 12. The van der Waals surface area contributed by atoms with E-state index >= 15 is 0 Å². The standard InChI is InChI=1S/C16H27IN4O4.C16H28N4O4/c1-16(2,3)25-15(22)18-10-7-6-8-21(9-10)13-11(17)12(19-20-13)14(23-4)24-5;1-16(2,3)24-15(21)17-11-7-6-8-20(10-11)13-9-12(18-19-13)14(22-4)23-5/h10,14H,6-9H2,1-5H3,(H,18,22)(H,19,20);9,11,14H,6-8,10H2,1-5H3,(H,17,21)(H,18,19)/t10-;11-/m11/s1. The third-order valence-electron chi connectivity index (χ3n) is 7.55. The van der Waals surface area contributed by atoms with Crippen LogP contribution in [0, 0.1) is 3.57 Å². The molecule has 0 radical (unpaired) electrons. The summed E-state index contributed by atoms with van der Waals surface area (Å²) < 4.78 is 32.7. The molecule has 2 aromatic heterocycles. The minimum absolute atomic E-state index is 0.0280. The van der Waals surface area contributed by atoms with Gasteiger partial charge >= 0.3 is 12.2 Å². The van der Waals surface area contributed by atoms with Crippen molar-refractivity contribution in [2.75, 3.05) is 64.4 Å². The zero-order valence-corrected chi connectivity index (χ0v) is 32.6. The average molecular weight is 807 g/mol. The summed E-state index contributed by atoms with van der Waals surface area (Å²) in [5, 5.41) is 20.6. The summed E-state index contributed by atoms with van der Waals surface area (Å²) in [5.74, 6) is 1.67. The Kier molecular flexibility index (Phi) is 15.2. The Balaban J connectivity index is 0.000000266. The largest absolute Gasteiger partial charge is 0.444 e. The van der Waals surface area contributed by atoms with Crippen molar-refractivity contribution in [1.29, 1.82) is 0 Å². The van der Waals surface area contributed by atoms with Crippen LogP contribution in [0.15, 0.2) is 6.07 Å². The lowest BCUT2D eigenvalue weighted by atomic mass is 10.1. The fourth-order valence-electron chi connectivity index (χ4n) is 5.53. The number of alkyl carbamates (subject to hydrolysis) is 2. The lowest BCUT2D eigenvalue weighted by Crippen LogP contribution is -2.49. The molecule has 2 aromatic rings. The van der Waals surface area contributed by atoms with Crippen molar-refractivity contribution in [1.82, 2.24) is 31.0 Å². The van der Waals surface area contributed by atoms with Gasteiger partial charge < -0.3 is 48.9 Å². The van der Waals surface area contributed by atoms with Crippen molar-refractivity contribution < 1.29 is 38.0 Å². The van der Waals surface area contributed by atoms with E-state index < -0.39 is 23.8 Å². The second-order valence-corrected chi connectivity index (χ2v) is 15.0. The Hall–Kier alpha value is -2.87. The molecule has 2 aliphatic rings. The van der Waals surface area contributed by atoms with Crippen molar-refractivity contribution in [3.8, 4) is 0 Å². The normalized spacial score (nSPS) is 18.6. The number of aromatic amines is 2. The second-order valence-electron chi connectivity index (χ2n) is 13.9. The average Bonchev–Trinajstić information content (AvgIpc) is 3.65. The first kappa shape index (κ1) is 40.6. The van der Waals surface area contributed by atoms with Gasteiger partial charge in [-0.15, -0.1) is 0 Å². The van der Waals surface area contributed by atoms with Crippen molar-refractivity contribution in [3.05, 3.63) is 21.0 Å². The summed E-state index contributed by atoms with van der Waals surface area (Å²) in [6.07, 6.45) is 2.08. The van der Waals surface area contributed by atoms with E-state index in [-0.39, 0.29) is 24.3 Å². The van der Waals surface area contributed by atoms with Gasteiger partial charge in [-0.1, -0.05) is 0 Å². The molecule has 2 aliphatic heterocycles. The number of carbonyl (C=O) groups excluding carboxylic acids is 2. The maximum absolute atomic E-state index is 12.0. The van der Waals surface area contributed by atoms with Gasteiger partial charge in [-0.05, 0) is 89.8 Å². The number of nitrogens with one attached hydrogen (secondary N) is 4. The van der Waals surface area contributed by atoms with E-state index in [2.05, 4.69) is 63.4 Å². The molecule has 0 aliphatic carbocycles. The Morgan fingerprint density at radius 1 is 0.796 bits per heavy atom. The Morgan fingerprint density at radius 3 is 1.78 bits per heavy atom. The monoisotopic (exact) mass is 806 g/mol. The molecule has 0 unspecified atom stereocenters. The molecule has 278 valence electrons. The Morgan fingerprint density at radius 2 is 1.29 bits per heavy atom. The molecule has 2 fully saturated rings. The van der Waals surface area contributed by atoms with Crippen molar-refractivity contribution >= 4 is 46.4 Å². The van der Waals surface area contributed by atoms with E-state index in [1.807, 2.05) is 47.6 Å². The van der Waals surface area contributed by atoms with Crippen LogP contribution in [0.3, 0.4) is 0 Å². The van der Waals surface area contributed by atoms with Gasteiger partial charge in [0.05, 0.1) is 9.26 Å². The maximum atomic E-state index is 12.0. The Labute approximate surface area is 303 Å². The summed E-state index contributed by atoms with van der Waals surface area (Å²) in [6.45, 7) is 14.3. The van der Waals surface area contributed by atoms with Crippen LogP contribution in [-0.4, -0.2) is 110 Å². The molecule has 0 aromatic carbocycles. The van der Waals surface area contributed by atoms with Gasteiger partial charge in [0.15, 0.2) is 17.9 Å². The first-order valence-corrected chi connectivity index (χ1v) is 17.5. The van der Waals surface area contributed by atoms with Crippen LogP contribution in [0.5, 0.6) is 0 Å². The minimum Gasteiger partial charge on any atom is -0.444 e. The third kappa shape index (κ3) is 12.8. The predicted molar refractivity (Wildman–Crippen MR) is 193 cm³/mol. The second kappa shape index (κ2) is 18.4. The van der Waals surface area contributed by atoms with Gasteiger partial charge in [-0.25, -0.2) is 9.59 Å². The van der Waals surface area contributed by atoms with Crippen LogP contribution in [0.25, 0.3) is 0 Å². The van der Waals surface area contributed by atoms with Crippen molar-refractivity contribution in [2.45, 2.75) is 103 Å². The number of halogens is 1. The molecular weight excluding hydrogens is 751 g/mol. The van der Waals surface area contributed by atoms with Crippen molar-refractivity contribution in [3.63, 3.8) is 0 Å². The van der Waals surface area contributed by atoms with E-state index in [0.717, 1.165) is 65.4 Å². The van der Waals surface area contributed by atoms with Gasteiger partial charge in [-0.2, -0.15) is 10.2 Å². The van der Waals surface area contributed by atoms with Crippen LogP contribution < -0.4 is 20.4 Å². The smallest absolute Gasteiger partial charge is 0.407 e. The number of ether oxygens (including phenoxy) is 6. The molecule has 2 atom stereocenters. The van der Waals surface area contributed by atoms with E-state index in [1.54, 1.807) is 28.4 Å². The van der Waals surface area contributed by atoms with Crippen molar-refractivity contribution in [2.24, 2.45) is 0 Å². The molecule has 4 N–H and O–H groups in total. The Bertz CT molecular complexity index is 1320. The summed E-state index contributed by atoms with van der Waals surface area (Å²) >= 11 is 2.24. The molecule has 0 bridgehead atoms. The highest BCUT2D eigenvalue weighted by molar-refractivity contribution is 14.1. The van der Waals surface area contributed by atoms with Gasteiger partial charge in [0.2, 0.25) is 6.29 Å². The quantitative estimate of drug-likeness (QED) is 0.187. The minimum atomic E-state index is -0.500. The molecule has 49 heavy (non-hydrogen) atoms. The summed E-state index contributed by atoms with van der Waals surface area (Å²) in [7, 11) is 6.34. The molecule has 2 saturated heterocycles. The zero-order chi connectivity index (χ0) is 36.4. The molecular formula is C32H55IN8O8. The van der Waals surface area contributed by atoms with E-state index in [1.165, 1.54) is 0 Å². The van der Waals surface area contributed by atoms with Crippen LogP contribution >= 0.6 is 22.6 Å². The molecule has 4 heterocycles. The van der Waals surface area contributed by atoms with Gasteiger partial charge in [0.25, 0.3) is 0 Å². The summed E-state index contributed by atoms with van der Waals surface area (Å²) in [5.41, 5.74) is 0.561. The number of H-pyrrole nitrogens is 2. The maximum Gasteiger partial charge on any atom is 0.407 e. The number of aromatic nitrogens is 4. The number of piperidine rings is 2. The highest BCUT2D eigenvalue weighted by Gasteiger charge is 2.29. The van der Waals surface area contributed by atoms with E-state index in [4.69, 9.17) is 28.4 Å². The van der Waals surface area contributed by atoms with E-state index in [9.17, 15) is 9.59 Å². The number of rotatable bonds is 10. The molecule has 0 spiro atoms. The molecule has 2 amide bonds. The molecule has 17 heteroatoms. The lowest BCUT2D eigenvalue weighted by molar-refractivity contribution is -0.109. The molecule has 16 nitrogen and oxygen atoms in total. The zero-order valence-electron chi connectivity index (χ0n) is 30.5. The lowest BCUT2D eigenvalue weighted by Gasteiger charge is -2.34. The number of hydrogen-bond donors (Lipinski definition) is 4. The number of anilines is 2. The van der Waals surface area contributed by atoms with Crippen LogP contribution in [-0.2, 0) is 28.4 Å². The molecule has 0 saturated carbocycles. The topological polar surface area (TPSA) is 177 Å². The van der Waals surface area contributed by atoms with Gasteiger partial charge in [0, 0.05) is 72.8 Å². The first-order chi connectivity index (χ1) is 23.1. The molecule has 4 rings (SSSR count). The van der Waals surface area contributed by atoms with Crippen LogP contribution in [0.4, 0.5) is 21.2 Å². The fraction of sp³-hybridized carbons (Fsp3) is 0.750. The number of methoxy groups -OCH3 is 4. The third-order valence-corrected chi connectivity index (χ3v) is 8.62. The first-order valence-electron chi connectivity index (χ1n) is 16.5. The summed E-state index contributed by atoms with van der Waals surface area (Å²) in [4.78, 5) is 28.2.